The van der Waals surface area contributed by atoms with Gasteiger partial charge in [-0.1, -0.05) is 46.1 Å². The first-order chi connectivity index (χ1) is 9.61. The minimum Gasteiger partial charge on any atom is -0.356 e. The molecule has 1 heterocycles. The molecule has 3 unspecified atom stereocenters. The van der Waals surface area contributed by atoms with Gasteiger partial charge in [0, 0.05) is 19.3 Å². The van der Waals surface area contributed by atoms with Crippen molar-refractivity contribution in [3.8, 4) is 0 Å². The number of nitrogens with zero attached hydrogens (tertiary/aromatic N) is 2. The zero-order valence-corrected chi connectivity index (χ0v) is 13.6. The van der Waals surface area contributed by atoms with Crippen molar-refractivity contribution in [1.29, 1.82) is 0 Å². The Labute approximate surface area is 124 Å². The summed E-state index contributed by atoms with van der Waals surface area (Å²) in [5, 5.41) is 0. The number of anilines is 1. The molecular weight excluding hydrogens is 244 g/mol. The predicted molar refractivity (Wildman–Crippen MR) is 87.2 cm³/mol. The number of hydrogen-bond donors (Lipinski definition) is 0. The average molecular weight is 274 g/mol. The smallest absolute Gasteiger partial charge is 0.128 e. The molecule has 1 aromatic heterocycles. The summed E-state index contributed by atoms with van der Waals surface area (Å²) >= 11 is 0. The number of aromatic nitrogens is 1. The minimum absolute atomic E-state index is 0.664. The Kier molecular flexibility index (Phi) is 5.45. The molecule has 0 aliphatic heterocycles. The van der Waals surface area contributed by atoms with Crippen LogP contribution in [0.4, 0.5) is 5.82 Å². The molecule has 1 aliphatic rings. The van der Waals surface area contributed by atoms with Crippen LogP contribution in [0.15, 0.2) is 18.3 Å². The van der Waals surface area contributed by atoms with Gasteiger partial charge >= 0.3 is 0 Å². The summed E-state index contributed by atoms with van der Waals surface area (Å²) in [7, 11) is 2.21. The van der Waals surface area contributed by atoms with Crippen molar-refractivity contribution in [3.63, 3.8) is 0 Å². The molecule has 3 atom stereocenters. The van der Waals surface area contributed by atoms with Gasteiger partial charge in [0.15, 0.2) is 0 Å². The fraction of sp³-hybridized carbons (Fsp3) is 0.722. The third kappa shape index (κ3) is 3.74. The summed E-state index contributed by atoms with van der Waals surface area (Å²) < 4.78 is 0. The SMILES string of the molecule is CCC(C)Cc1ccc(N(C)C2CCCCC2C)nc1. The van der Waals surface area contributed by atoms with Gasteiger partial charge in [0.2, 0.25) is 0 Å². The van der Waals surface area contributed by atoms with Crippen LogP contribution in [0.1, 0.15) is 58.4 Å². The summed E-state index contributed by atoms with van der Waals surface area (Å²) in [5.74, 6) is 2.67. The monoisotopic (exact) mass is 274 g/mol. The van der Waals surface area contributed by atoms with Crippen LogP contribution in [0.25, 0.3) is 0 Å². The minimum atomic E-state index is 0.664. The molecule has 1 fully saturated rings. The highest BCUT2D eigenvalue weighted by Gasteiger charge is 2.25. The van der Waals surface area contributed by atoms with E-state index >= 15 is 0 Å². The molecular formula is C18H30N2. The zero-order chi connectivity index (χ0) is 14.5. The molecule has 1 aliphatic carbocycles. The maximum Gasteiger partial charge on any atom is 0.128 e. The van der Waals surface area contributed by atoms with E-state index in [9.17, 15) is 0 Å². The van der Waals surface area contributed by atoms with Crippen LogP contribution in [0, 0.1) is 11.8 Å². The van der Waals surface area contributed by atoms with E-state index in [1.165, 1.54) is 37.7 Å². The van der Waals surface area contributed by atoms with E-state index in [0.29, 0.717) is 6.04 Å². The fourth-order valence-electron chi connectivity index (χ4n) is 3.33. The van der Waals surface area contributed by atoms with Gasteiger partial charge < -0.3 is 4.90 Å². The highest BCUT2D eigenvalue weighted by atomic mass is 15.2. The normalized spacial score (nSPS) is 24.4. The van der Waals surface area contributed by atoms with Gasteiger partial charge in [0.05, 0.1) is 0 Å². The van der Waals surface area contributed by atoms with Crippen molar-refractivity contribution < 1.29 is 0 Å². The highest BCUT2D eigenvalue weighted by molar-refractivity contribution is 5.40. The van der Waals surface area contributed by atoms with Gasteiger partial charge in [-0.3, -0.25) is 0 Å². The van der Waals surface area contributed by atoms with Crippen molar-refractivity contribution >= 4 is 5.82 Å². The maximum atomic E-state index is 4.70. The van der Waals surface area contributed by atoms with E-state index in [1.807, 2.05) is 0 Å². The van der Waals surface area contributed by atoms with Crippen LogP contribution in [-0.4, -0.2) is 18.1 Å². The average Bonchev–Trinajstić information content (AvgIpc) is 2.47. The molecule has 0 spiro atoms. The van der Waals surface area contributed by atoms with Gasteiger partial charge in [0.25, 0.3) is 0 Å². The van der Waals surface area contributed by atoms with Gasteiger partial charge in [0.1, 0.15) is 5.82 Å². The van der Waals surface area contributed by atoms with Gasteiger partial charge in [-0.2, -0.15) is 0 Å². The van der Waals surface area contributed by atoms with Crippen LogP contribution >= 0.6 is 0 Å². The Morgan fingerprint density at radius 1 is 1.30 bits per heavy atom. The van der Waals surface area contributed by atoms with Gasteiger partial charge in [-0.25, -0.2) is 4.98 Å². The molecule has 1 saturated carbocycles. The summed E-state index contributed by atoms with van der Waals surface area (Å²) in [6.45, 7) is 6.95. The van der Waals surface area contributed by atoms with E-state index in [4.69, 9.17) is 4.98 Å². The lowest BCUT2D eigenvalue weighted by Gasteiger charge is -2.37. The van der Waals surface area contributed by atoms with E-state index in [1.54, 1.807) is 0 Å². The second-order valence-electron chi connectivity index (χ2n) is 6.68. The number of pyridine rings is 1. The second kappa shape index (κ2) is 7.10. The van der Waals surface area contributed by atoms with Crippen molar-refractivity contribution in [1.82, 2.24) is 4.98 Å². The summed E-state index contributed by atoms with van der Waals surface area (Å²) in [4.78, 5) is 7.10. The topological polar surface area (TPSA) is 16.1 Å². The van der Waals surface area contributed by atoms with Crippen LogP contribution < -0.4 is 4.90 Å². The largest absolute Gasteiger partial charge is 0.356 e. The first-order valence-electron chi connectivity index (χ1n) is 8.29. The number of rotatable bonds is 5. The van der Waals surface area contributed by atoms with Crippen LogP contribution in [0.2, 0.25) is 0 Å². The Morgan fingerprint density at radius 2 is 2.05 bits per heavy atom. The van der Waals surface area contributed by atoms with E-state index in [-0.39, 0.29) is 0 Å². The Bertz CT molecular complexity index is 398. The third-order valence-corrected chi connectivity index (χ3v) is 5.02. The first kappa shape index (κ1) is 15.3. The van der Waals surface area contributed by atoms with Crippen LogP contribution in [-0.2, 0) is 6.42 Å². The molecule has 112 valence electrons. The highest BCUT2D eigenvalue weighted by Crippen LogP contribution is 2.29. The molecule has 2 rings (SSSR count). The van der Waals surface area contributed by atoms with Crippen LogP contribution in [0.5, 0.6) is 0 Å². The third-order valence-electron chi connectivity index (χ3n) is 5.02. The fourth-order valence-corrected chi connectivity index (χ4v) is 3.33. The lowest BCUT2D eigenvalue weighted by atomic mass is 9.85. The lowest BCUT2D eigenvalue weighted by molar-refractivity contribution is 0.320. The van der Waals surface area contributed by atoms with Crippen molar-refractivity contribution in [2.75, 3.05) is 11.9 Å². The molecule has 0 bridgehead atoms. The predicted octanol–water partition coefficient (Wildman–Crippen LogP) is 4.69. The molecule has 2 nitrogen and oxygen atoms in total. The Morgan fingerprint density at radius 3 is 2.65 bits per heavy atom. The molecule has 0 amide bonds. The summed E-state index contributed by atoms with van der Waals surface area (Å²) in [5.41, 5.74) is 1.37. The van der Waals surface area contributed by atoms with Crippen molar-refractivity contribution in [2.24, 2.45) is 11.8 Å². The second-order valence-corrected chi connectivity index (χ2v) is 6.68. The van der Waals surface area contributed by atoms with Gasteiger partial charge in [-0.15, -0.1) is 0 Å². The molecule has 2 heteroatoms. The summed E-state index contributed by atoms with van der Waals surface area (Å²) in [6, 6.07) is 5.13. The van der Waals surface area contributed by atoms with Crippen molar-refractivity contribution in [3.05, 3.63) is 23.9 Å². The molecule has 0 radical (unpaired) electrons. The Balaban J connectivity index is 2.01. The molecule has 0 saturated heterocycles. The Hall–Kier alpha value is -1.05. The first-order valence-corrected chi connectivity index (χ1v) is 8.29. The number of hydrogen-bond acceptors (Lipinski definition) is 2. The van der Waals surface area contributed by atoms with E-state index in [2.05, 4.69) is 51.0 Å². The zero-order valence-electron chi connectivity index (χ0n) is 13.6. The molecule has 0 N–H and O–H groups in total. The van der Waals surface area contributed by atoms with Gasteiger partial charge in [-0.05, 0) is 42.7 Å². The molecule has 20 heavy (non-hydrogen) atoms. The standard InChI is InChI=1S/C18H30N2/c1-5-14(2)12-16-10-11-18(19-13-16)20(4)17-9-7-6-8-15(17)3/h10-11,13-15,17H,5-9,12H2,1-4H3. The molecule has 0 aromatic carbocycles. The van der Waals surface area contributed by atoms with E-state index in [0.717, 1.165) is 24.1 Å². The lowest BCUT2D eigenvalue weighted by Crippen LogP contribution is -2.39. The summed E-state index contributed by atoms with van der Waals surface area (Å²) in [6.07, 6.45) is 9.90. The van der Waals surface area contributed by atoms with Crippen LogP contribution in [0.3, 0.4) is 0 Å². The quantitative estimate of drug-likeness (QED) is 0.774. The molecule has 1 aromatic rings. The maximum absolute atomic E-state index is 4.70. The van der Waals surface area contributed by atoms with E-state index < -0.39 is 0 Å². The van der Waals surface area contributed by atoms with Crippen molar-refractivity contribution in [2.45, 2.75) is 65.3 Å².